The standard InChI is InChI=1S/C15H9BrN2O2S.H4NO/c16-14-8-11(10-17)9-15-13(14)6-7-18(15)21(19,20)12-4-2-1-3-5-12;1-2/h1-9H;2H,1H3/q;+1. The molecular formula is C15H13BrN3O3S+. The highest BCUT2D eigenvalue weighted by Gasteiger charge is 2.19. The van der Waals surface area contributed by atoms with Gasteiger partial charge in [-0.3, -0.25) is 0 Å². The first-order valence-corrected chi connectivity index (χ1v) is 8.60. The first-order valence-electron chi connectivity index (χ1n) is 6.37. The first kappa shape index (κ1) is 17.2. The highest BCUT2D eigenvalue weighted by atomic mass is 79.9. The zero-order valence-corrected chi connectivity index (χ0v) is 14.3. The number of rotatable bonds is 2. The van der Waals surface area contributed by atoms with Gasteiger partial charge in [-0.25, -0.2) is 23.5 Å². The van der Waals surface area contributed by atoms with E-state index in [1.54, 1.807) is 48.5 Å². The van der Waals surface area contributed by atoms with Crippen LogP contribution in [0, 0.1) is 11.3 Å². The van der Waals surface area contributed by atoms with Gasteiger partial charge in [0.25, 0.3) is 10.0 Å². The Balaban J connectivity index is 0.000000924. The molecule has 0 unspecified atom stereocenters. The minimum absolute atomic E-state index is 0.209. The molecule has 3 rings (SSSR count). The van der Waals surface area contributed by atoms with Crippen LogP contribution >= 0.6 is 15.9 Å². The number of fused-ring (bicyclic) bond motifs is 1. The third-order valence-electron chi connectivity index (χ3n) is 3.15. The summed E-state index contributed by atoms with van der Waals surface area (Å²) in [4.78, 5) is 0.209. The fraction of sp³-hybridized carbons (Fsp3) is 0. The molecule has 0 radical (unpaired) electrons. The maximum atomic E-state index is 12.7. The summed E-state index contributed by atoms with van der Waals surface area (Å²) in [7, 11) is -3.68. The van der Waals surface area contributed by atoms with Crippen LogP contribution in [0.25, 0.3) is 10.9 Å². The Labute approximate surface area is 141 Å². The summed E-state index contributed by atoms with van der Waals surface area (Å²) in [5.41, 5.74) is 0.877. The highest BCUT2D eigenvalue weighted by Crippen LogP contribution is 2.29. The lowest BCUT2D eigenvalue weighted by molar-refractivity contribution is -0.670. The fourth-order valence-corrected chi connectivity index (χ4v) is 4.09. The van der Waals surface area contributed by atoms with Crippen LogP contribution < -0.4 is 5.90 Å². The average Bonchev–Trinajstić information content (AvgIpc) is 3.02. The zero-order chi connectivity index (χ0) is 17.0. The van der Waals surface area contributed by atoms with Crippen molar-refractivity contribution < 1.29 is 19.5 Å². The Morgan fingerprint density at radius 3 is 2.39 bits per heavy atom. The number of benzene rings is 2. The van der Waals surface area contributed by atoms with Gasteiger partial charge < -0.3 is 0 Å². The molecule has 0 aliphatic rings. The summed E-state index contributed by atoms with van der Waals surface area (Å²) < 4.78 is 27.3. The third kappa shape index (κ3) is 3.13. The van der Waals surface area contributed by atoms with E-state index in [1.165, 1.54) is 10.2 Å². The molecule has 0 aliphatic carbocycles. The molecule has 23 heavy (non-hydrogen) atoms. The normalized spacial score (nSPS) is 10.7. The van der Waals surface area contributed by atoms with Crippen molar-refractivity contribution in [3.05, 3.63) is 64.8 Å². The van der Waals surface area contributed by atoms with Crippen LogP contribution in [-0.4, -0.2) is 17.6 Å². The predicted octanol–water partition coefficient (Wildman–Crippen LogP) is 2.13. The van der Waals surface area contributed by atoms with Crippen LogP contribution in [0.1, 0.15) is 5.56 Å². The van der Waals surface area contributed by atoms with Crippen molar-refractivity contribution in [3.63, 3.8) is 0 Å². The Morgan fingerprint density at radius 2 is 1.78 bits per heavy atom. The van der Waals surface area contributed by atoms with E-state index >= 15 is 0 Å². The van der Waals surface area contributed by atoms with E-state index in [0.717, 1.165) is 5.39 Å². The van der Waals surface area contributed by atoms with E-state index in [-0.39, 0.29) is 4.90 Å². The number of nitriles is 1. The summed E-state index contributed by atoms with van der Waals surface area (Å²) in [5, 5.41) is 16.5. The lowest BCUT2D eigenvalue weighted by Crippen LogP contribution is -2.42. The van der Waals surface area contributed by atoms with Gasteiger partial charge in [0, 0.05) is 16.1 Å². The Morgan fingerprint density at radius 1 is 1.13 bits per heavy atom. The molecule has 0 aliphatic heterocycles. The zero-order valence-electron chi connectivity index (χ0n) is 11.8. The molecule has 0 atom stereocenters. The highest BCUT2D eigenvalue weighted by molar-refractivity contribution is 9.10. The van der Waals surface area contributed by atoms with Crippen molar-refractivity contribution in [2.75, 3.05) is 0 Å². The Hall–Kier alpha value is -2.18. The number of hydrogen-bond donors (Lipinski definition) is 2. The van der Waals surface area contributed by atoms with Gasteiger partial charge in [0.1, 0.15) is 0 Å². The summed E-state index contributed by atoms with van der Waals surface area (Å²) in [6.45, 7) is 0. The maximum absolute atomic E-state index is 12.7. The Kier molecular flexibility index (Phi) is 5.18. The summed E-state index contributed by atoms with van der Waals surface area (Å²) in [6.07, 6.45) is 1.50. The van der Waals surface area contributed by atoms with Crippen molar-refractivity contribution in [2.45, 2.75) is 4.90 Å². The molecule has 4 N–H and O–H groups in total. The van der Waals surface area contributed by atoms with Crippen molar-refractivity contribution >= 4 is 36.9 Å². The smallest absolute Gasteiger partial charge is 0.241 e. The molecule has 0 saturated heterocycles. The SMILES string of the molecule is N#Cc1cc(Br)c2ccn(S(=O)(=O)c3ccccc3)c2c1.[NH3+]O. The second kappa shape index (κ2) is 6.93. The largest absolute Gasteiger partial charge is 0.268 e. The van der Waals surface area contributed by atoms with Crippen LogP contribution in [0.4, 0.5) is 0 Å². The number of quaternary nitrogens is 1. The lowest BCUT2D eigenvalue weighted by atomic mass is 10.2. The predicted molar refractivity (Wildman–Crippen MR) is 88.1 cm³/mol. The summed E-state index contributed by atoms with van der Waals surface area (Å²) >= 11 is 3.37. The number of halogens is 1. The quantitative estimate of drug-likeness (QED) is 0.648. The van der Waals surface area contributed by atoms with E-state index in [2.05, 4.69) is 21.8 Å². The van der Waals surface area contributed by atoms with Gasteiger partial charge in [0.2, 0.25) is 0 Å². The van der Waals surface area contributed by atoms with Crippen LogP contribution in [0.2, 0.25) is 0 Å². The molecule has 0 bridgehead atoms. The van der Waals surface area contributed by atoms with Gasteiger partial charge in [0.15, 0.2) is 0 Å². The van der Waals surface area contributed by atoms with Gasteiger partial charge >= 0.3 is 0 Å². The van der Waals surface area contributed by atoms with Gasteiger partial charge in [-0.1, -0.05) is 34.1 Å². The van der Waals surface area contributed by atoms with E-state index in [1.807, 2.05) is 6.07 Å². The van der Waals surface area contributed by atoms with Crippen LogP contribution in [0.3, 0.4) is 0 Å². The molecule has 8 heteroatoms. The van der Waals surface area contributed by atoms with E-state index in [4.69, 9.17) is 10.5 Å². The second-order valence-electron chi connectivity index (χ2n) is 4.43. The molecule has 3 aromatic rings. The number of hydrogen-bond acceptors (Lipinski definition) is 4. The monoisotopic (exact) mass is 394 g/mol. The topological polar surface area (TPSA) is 111 Å². The summed E-state index contributed by atoms with van der Waals surface area (Å²) in [5.74, 6) is 2.25. The molecule has 1 aromatic heterocycles. The van der Waals surface area contributed by atoms with Gasteiger partial charge in [-0.15, -0.1) is 0 Å². The van der Waals surface area contributed by atoms with Gasteiger partial charge in [-0.2, -0.15) is 5.26 Å². The second-order valence-corrected chi connectivity index (χ2v) is 7.10. The van der Waals surface area contributed by atoms with Crippen LogP contribution in [0.15, 0.2) is 64.1 Å². The molecule has 118 valence electrons. The number of aromatic nitrogens is 1. The molecule has 1 heterocycles. The van der Waals surface area contributed by atoms with Crippen LogP contribution in [-0.2, 0) is 10.0 Å². The molecule has 0 amide bonds. The Bertz CT molecular complexity index is 976. The minimum atomic E-state index is -3.68. The molecule has 2 aromatic carbocycles. The average molecular weight is 395 g/mol. The molecule has 0 fully saturated rings. The summed E-state index contributed by atoms with van der Waals surface area (Å²) in [6, 6.07) is 15.2. The lowest BCUT2D eigenvalue weighted by Gasteiger charge is -2.08. The molecular weight excluding hydrogens is 382 g/mol. The van der Waals surface area contributed by atoms with Crippen molar-refractivity contribution in [1.29, 1.82) is 5.26 Å². The third-order valence-corrected chi connectivity index (χ3v) is 5.51. The van der Waals surface area contributed by atoms with Gasteiger partial charge in [0.05, 0.1) is 22.0 Å². The van der Waals surface area contributed by atoms with E-state index in [0.29, 0.717) is 15.6 Å². The van der Waals surface area contributed by atoms with Crippen molar-refractivity contribution in [1.82, 2.24) is 3.97 Å². The van der Waals surface area contributed by atoms with Crippen LogP contribution in [0.5, 0.6) is 0 Å². The molecule has 6 nitrogen and oxygen atoms in total. The molecule has 0 saturated carbocycles. The first-order chi connectivity index (χ1) is 11.0. The van der Waals surface area contributed by atoms with Crippen molar-refractivity contribution in [2.24, 2.45) is 0 Å². The minimum Gasteiger partial charge on any atom is -0.241 e. The maximum Gasteiger partial charge on any atom is 0.268 e. The van der Waals surface area contributed by atoms with Crippen molar-refractivity contribution in [3.8, 4) is 6.07 Å². The van der Waals surface area contributed by atoms with Gasteiger partial charge in [-0.05, 0) is 30.3 Å². The number of nitrogens with zero attached hydrogens (tertiary/aromatic N) is 2. The van der Waals surface area contributed by atoms with E-state index in [9.17, 15) is 8.42 Å². The molecule has 0 spiro atoms. The fourth-order valence-electron chi connectivity index (χ4n) is 2.15. The van der Waals surface area contributed by atoms with E-state index < -0.39 is 10.0 Å².